The molecule has 1 saturated heterocycles. The van der Waals surface area contributed by atoms with E-state index in [-0.39, 0.29) is 10.8 Å². The van der Waals surface area contributed by atoms with Crippen LogP contribution < -0.4 is 5.32 Å². The molecule has 1 aliphatic rings. The van der Waals surface area contributed by atoms with E-state index in [1.807, 2.05) is 0 Å². The van der Waals surface area contributed by atoms with Crippen molar-refractivity contribution < 1.29 is 13.2 Å². The number of hydrogen-bond acceptors (Lipinski definition) is 3. The molecule has 1 aromatic carbocycles. The van der Waals surface area contributed by atoms with Crippen molar-refractivity contribution in [1.82, 2.24) is 9.62 Å². The van der Waals surface area contributed by atoms with E-state index in [1.54, 1.807) is 22.5 Å². The van der Waals surface area contributed by atoms with Gasteiger partial charge in [0.05, 0.1) is 4.90 Å². The second kappa shape index (κ2) is 7.27. The van der Waals surface area contributed by atoms with Crippen LogP contribution in [-0.4, -0.2) is 38.3 Å². The molecule has 2 rings (SSSR count). The average Bonchev–Trinajstić information content (AvgIpc) is 2.51. The third kappa shape index (κ3) is 4.20. The van der Waals surface area contributed by atoms with Crippen LogP contribution in [0.25, 0.3) is 0 Å². The molecule has 1 amide bonds. The molecule has 126 valence electrons. The first-order valence-corrected chi connectivity index (χ1v) is 9.28. The number of piperidine rings is 1. The predicted molar refractivity (Wildman–Crippen MR) is 90.7 cm³/mol. The lowest BCUT2D eigenvalue weighted by atomic mass is 9.94. The van der Waals surface area contributed by atoms with Crippen LogP contribution in [0.15, 0.2) is 41.8 Å². The van der Waals surface area contributed by atoms with Gasteiger partial charge in [-0.25, -0.2) is 8.42 Å². The fourth-order valence-corrected chi connectivity index (χ4v) is 4.68. The summed E-state index contributed by atoms with van der Waals surface area (Å²) in [5.41, 5.74) is 0.436. The van der Waals surface area contributed by atoms with Gasteiger partial charge in [0.25, 0.3) is 5.91 Å². The summed E-state index contributed by atoms with van der Waals surface area (Å²) in [7, 11) is -3.50. The van der Waals surface area contributed by atoms with Gasteiger partial charge in [0.1, 0.15) is 0 Å². The minimum Gasteiger partial charge on any atom is -0.349 e. The van der Waals surface area contributed by atoms with Crippen LogP contribution in [0.3, 0.4) is 0 Å². The molecule has 0 bridgehead atoms. The van der Waals surface area contributed by atoms with Crippen LogP contribution >= 0.6 is 0 Å². The molecule has 1 N–H and O–H groups in total. The molecule has 6 heteroatoms. The number of rotatable bonds is 5. The number of nitrogens with zero attached hydrogens (tertiary/aromatic N) is 1. The summed E-state index contributed by atoms with van der Waals surface area (Å²) >= 11 is 0. The summed E-state index contributed by atoms with van der Waals surface area (Å²) in [5, 5.41) is 2.66. The van der Waals surface area contributed by atoms with Gasteiger partial charge in [0.2, 0.25) is 10.0 Å². The number of sulfonamides is 1. The van der Waals surface area contributed by atoms with Gasteiger partial charge in [0, 0.05) is 25.2 Å². The van der Waals surface area contributed by atoms with Gasteiger partial charge < -0.3 is 5.32 Å². The van der Waals surface area contributed by atoms with E-state index < -0.39 is 10.0 Å². The van der Waals surface area contributed by atoms with Gasteiger partial charge in [-0.2, -0.15) is 4.31 Å². The zero-order valence-corrected chi connectivity index (χ0v) is 14.5. The molecule has 1 aromatic rings. The maximum absolute atomic E-state index is 12.7. The first-order valence-electron chi connectivity index (χ1n) is 7.84. The third-order valence-electron chi connectivity index (χ3n) is 4.00. The molecule has 0 aromatic heterocycles. The fraction of sp³-hybridized carbons (Fsp3) is 0.471. The van der Waals surface area contributed by atoms with Crippen molar-refractivity contribution in [3.63, 3.8) is 0 Å². The Kier molecular flexibility index (Phi) is 5.59. The Labute approximate surface area is 138 Å². The van der Waals surface area contributed by atoms with Crippen molar-refractivity contribution in [2.75, 3.05) is 19.6 Å². The normalized spacial score (nSPS) is 22.5. The van der Waals surface area contributed by atoms with Crippen LogP contribution in [0, 0.1) is 11.8 Å². The monoisotopic (exact) mass is 336 g/mol. The Hall–Kier alpha value is -1.66. The second-order valence-electron chi connectivity index (χ2n) is 6.29. The van der Waals surface area contributed by atoms with Gasteiger partial charge in [-0.05, 0) is 42.5 Å². The van der Waals surface area contributed by atoms with Crippen molar-refractivity contribution in [1.29, 1.82) is 0 Å². The Bertz CT molecular complexity index is 658. The summed E-state index contributed by atoms with van der Waals surface area (Å²) in [6, 6.07) is 6.09. The van der Waals surface area contributed by atoms with Crippen LogP contribution in [-0.2, 0) is 10.0 Å². The second-order valence-corrected chi connectivity index (χ2v) is 8.23. The Morgan fingerprint density at radius 1 is 1.26 bits per heavy atom. The fourth-order valence-electron chi connectivity index (χ4n) is 3.00. The Morgan fingerprint density at radius 2 is 1.83 bits per heavy atom. The molecular formula is C17H24N2O3S. The molecule has 1 heterocycles. The van der Waals surface area contributed by atoms with Crippen molar-refractivity contribution in [2.24, 2.45) is 11.8 Å². The molecule has 1 fully saturated rings. The van der Waals surface area contributed by atoms with Crippen LogP contribution in [0.4, 0.5) is 0 Å². The smallest absolute Gasteiger partial charge is 0.251 e. The highest BCUT2D eigenvalue weighted by atomic mass is 32.2. The maximum Gasteiger partial charge on any atom is 0.251 e. The lowest BCUT2D eigenvalue weighted by Gasteiger charge is -2.34. The maximum atomic E-state index is 12.7. The number of carbonyl (C=O) groups excluding carboxylic acids is 1. The van der Waals surface area contributed by atoms with Gasteiger partial charge >= 0.3 is 0 Å². The molecule has 5 nitrogen and oxygen atoms in total. The van der Waals surface area contributed by atoms with Gasteiger partial charge in [-0.1, -0.05) is 19.9 Å². The van der Waals surface area contributed by atoms with E-state index in [0.29, 0.717) is 37.0 Å². The molecule has 0 spiro atoms. The SMILES string of the molecule is C=CCNC(=O)c1ccc(S(=O)(=O)N2CC(C)CC(C)C2)cc1. The van der Waals surface area contributed by atoms with Crippen LogP contribution in [0.5, 0.6) is 0 Å². The standard InChI is InChI=1S/C17H24N2O3S/c1-4-9-18-17(20)15-5-7-16(8-6-15)23(21,22)19-11-13(2)10-14(3)12-19/h4-8,13-14H,1,9-12H2,2-3H3,(H,18,20). The Morgan fingerprint density at radius 3 is 2.35 bits per heavy atom. The van der Waals surface area contributed by atoms with Crippen molar-refractivity contribution in [3.05, 3.63) is 42.5 Å². The number of amides is 1. The summed E-state index contributed by atoms with van der Waals surface area (Å²) in [6.45, 7) is 9.16. The molecule has 0 radical (unpaired) electrons. The van der Waals surface area contributed by atoms with Gasteiger partial charge in [-0.3, -0.25) is 4.79 Å². The predicted octanol–water partition coefficient (Wildman–Crippen LogP) is 2.27. The lowest BCUT2D eigenvalue weighted by Crippen LogP contribution is -2.42. The summed E-state index contributed by atoms with van der Waals surface area (Å²) in [5.74, 6) is 0.476. The highest BCUT2D eigenvalue weighted by Gasteiger charge is 2.31. The molecule has 1 aliphatic heterocycles. The molecular weight excluding hydrogens is 312 g/mol. The molecule has 0 aliphatic carbocycles. The zero-order chi connectivity index (χ0) is 17.0. The Balaban J connectivity index is 2.17. The largest absolute Gasteiger partial charge is 0.349 e. The summed E-state index contributed by atoms with van der Waals surface area (Å²) in [4.78, 5) is 12.1. The van der Waals surface area contributed by atoms with Gasteiger partial charge in [0.15, 0.2) is 0 Å². The number of carbonyl (C=O) groups is 1. The topological polar surface area (TPSA) is 66.5 Å². The number of nitrogens with one attached hydrogen (secondary N) is 1. The lowest BCUT2D eigenvalue weighted by molar-refractivity contribution is 0.0958. The highest BCUT2D eigenvalue weighted by molar-refractivity contribution is 7.89. The first-order chi connectivity index (χ1) is 10.8. The van der Waals surface area contributed by atoms with Crippen molar-refractivity contribution >= 4 is 15.9 Å². The average molecular weight is 336 g/mol. The van der Waals surface area contributed by atoms with Crippen molar-refractivity contribution in [2.45, 2.75) is 25.2 Å². The minimum atomic E-state index is -3.50. The van der Waals surface area contributed by atoms with E-state index in [2.05, 4.69) is 25.7 Å². The summed E-state index contributed by atoms with van der Waals surface area (Å²) in [6.07, 6.45) is 2.64. The van der Waals surface area contributed by atoms with Gasteiger partial charge in [-0.15, -0.1) is 6.58 Å². The molecule has 2 unspecified atom stereocenters. The number of hydrogen-bond donors (Lipinski definition) is 1. The van der Waals surface area contributed by atoms with Crippen molar-refractivity contribution in [3.8, 4) is 0 Å². The van der Waals surface area contributed by atoms with E-state index in [1.165, 1.54) is 12.1 Å². The van der Waals surface area contributed by atoms with Crippen LogP contribution in [0.2, 0.25) is 0 Å². The van der Waals surface area contributed by atoms with E-state index in [9.17, 15) is 13.2 Å². The molecule has 2 atom stereocenters. The van der Waals surface area contributed by atoms with Crippen LogP contribution in [0.1, 0.15) is 30.6 Å². The first kappa shape index (κ1) is 17.7. The van der Waals surface area contributed by atoms with E-state index in [4.69, 9.17) is 0 Å². The zero-order valence-electron chi connectivity index (χ0n) is 13.7. The van der Waals surface area contributed by atoms with E-state index >= 15 is 0 Å². The van der Waals surface area contributed by atoms with E-state index in [0.717, 1.165) is 6.42 Å². The quantitative estimate of drug-likeness (QED) is 0.839. The third-order valence-corrected chi connectivity index (χ3v) is 5.84. The molecule has 23 heavy (non-hydrogen) atoms. The minimum absolute atomic E-state index is 0.235. The highest BCUT2D eigenvalue weighted by Crippen LogP contribution is 2.26. The number of benzene rings is 1. The summed E-state index contributed by atoms with van der Waals surface area (Å²) < 4.78 is 27.0. The molecule has 0 saturated carbocycles.